The molecule has 146 valence electrons. The van der Waals surface area contributed by atoms with Crippen LogP contribution in [0.5, 0.6) is 0 Å². The number of aromatic nitrogens is 1. The summed E-state index contributed by atoms with van der Waals surface area (Å²) in [5.74, 6) is -0.164. The number of carbonyl (C=O) groups excluding carboxylic acids is 1. The summed E-state index contributed by atoms with van der Waals surface area (Å²) in [6.45, 7) is 1.84. The summed E-state index contributed by atoms with van der Waals surface area (Å²) in [6.07, 6.45) is 3.15. The van der Waals surface area contributed by atoms with E-state index >= 15 is 0 Å². The molecule has 1 aromatic heterocycles. The van der Waals surface area contributed by atoms with E-state index in [-0.39, 0.29) is 11.5 Å². The topological polar surface area (TPSA) is 73.1 Å². The zero-order valence-corrected chi connectivity index (χ0v) is 16.3. The number of nitro groups is 1. The fourth-order valence-electron chi connectivity index (χ4n) is 3.50. The van der Waals surface area contributed by atoms with Gasteiger partial charge in [0.25, 0.3) is 5.69 Å². The predicted octanol–water partition coefficient (Wildman–Crippen LogP) is 6.01. The molecule has 0 radical (unpaired) electrons. The van der Waals surface area contributed by atoms with E-state index in [9.17, 15) is 14.9 Å². The van der Waals surface area contributed by atoms with Crippen molar-refractivity contribution in [1.29, 1.82) is 0 Å². The second-order valence-corrected chi connectivity index (χ2v) is 6.88. The maximum Gasteiger partial charge on any atom is 0.269 e. The third kappa shape index (κ3) is 3.73. The minimum atomic E-state index is -0.450. The molecule has 30 heavy (non-hydrogen) atoms. The number of hydrogen-bond donors (Lipinski definition) is 0. The number of aryl methyl sites for hydroxylation is 1. The molecule has 1 heterocycles. The molecular formula is C25H18N2O3. The summed E-state index contributed by atoms with van der Waals surface area (Å²) in [5, 5.41) is 11.7. The van der Waals surface area contributed by atoms with E-state index in [1.807, 2.05) is 61.5 Å². The number of rotatable bonds is 5. The van der Waals surface area contributed by atoms with Gasteiger partial charge in [0, 0.05) is 28.8 Å². The first-order chi connectivity index (χ1) is 14.5. The molecule has 0 unspecified atom stereocenters. The smallest absolute Gasteiger partial charge is 0.269 e. The van der Waals surface area contributed by atoms with E-state index in [1.54, 1.807) is 18.2 Å². The minimum absolute atomic E-state index is 0.0133. The van der Waals surface area contributed by atoms with Crippen LogP contribution >= 0.6 is 0 Å². The number of benzene rings is 3. The van der Waals surface area contributed by atoms with Crippen molar-refractivity contribution < 1.29 is 9.72 Å². The molecule has 5 nitrogen and oxygen atoms in total. The number of para-hydroxylation sites is 1. The van der Waals surface area contributed by atoms with Crippen LogP contribution in [0.15, 0.2) is 84.9 Å². The highest BCUT2D eigenvalue weighted by Crippen LogP contribution is 2.33. The van der Waals surface area contributed by atoms with Gasteiger partial charge in [-0.1, -0.05) is 54.6 Å². The van der Waals surface area contributed by atoms with Gasteiger partial charge >= 0.3 is 0 Å². The molecule has 4 rings (SSSR count). The Morgan fingerprint density at radius 1 is 0.933 bits per heavy atom. The lowest BCUT2D eigenvalue weighted by molar-refractivity contribution is -0.384. The lowest BCUT2D eigenvalue weighted by Gasteiger charge is -2.14. The van der Waals surface area contributed by atoms with E-state index < -0.39 is 4.92 Å². The molecule has 0 fully saturated rings. The Bertz CT molecular complexity index is 1280. The van der Waals surface area contributed by atoms with Crippen LogP contribution < -0.4 is 0 Å². The zero-order chi connectivity index (χ0) is 21.1. The lowest BCUT2D eigenvalue weighted by atomic mass is 9.92. The van der Waals surface area contributed by atoms with Crippen LogP contribution in [0.3, 0.4) is 0 Å². The summed E-state index contributed by atoms with van der Waals surface area (Å²) in [4.78, 5) is 28.2. The maximum absolute atomic E-state index is 13.2. The Morgan fingerprint density at radius 3 is 2.30 bits per heavy atom. The second-order valence-electron chi connectivity index (χ2n) is 6.88. The van der Waals surface area contributed by atoms with Gasteiger partial charge < -0.3 is 0 Å². The number of pyridine rings is 1. The number of hydrogen-bond acceptors (Lipinski definition) is 4. The number of non-ortho nitro benzene ring substituents is 1. The van der Waals surface area contributed by atoms with Gasteiger partial charge in [0.15, 0.2) is 5.78 Å². The van der Waals surface area contributed by atoms with E-state index in [2.05, 4.69) is 4.98 Å². The summed E-state index contributed by atoms with van der Waals surface area (Å²) in [6, 6.07) is 23.7. The lowest BCUT2D eigenvalue weighted by Crippen LogP contribution is -2.05. The second kappa shape index (κ2) is 8.09. The number of fused-ring (bicyclic) bond motifs is 1. The molecule has 3 aromatic carbocycles. The van der Waals surface area contributed by atoms with Gasteiger partial charge in [-0.25, -0.2) is 0 Å². The van der Waals surface area contributed by atoms with Gasteiger partial charge in [0.1, 0.15) is 0 Å². The predicted molar refractivity (Wildman–Crippen MR) is 118 cm³/mol. The van der Waals surface area contributed by atoms with Crippen molar-refractivity contribution >= 4 is 28.4 Å². The van der Waals surface area contributed by atoms with Crippen LogP contribution in [0.4, 0.5) is 5.69 Å². The molecule has 5 heteroatoms. The number of nitrogens with zero attached hydrogens (tertiary/aromatic N) is 2. The zero-order valence-electron chi connectivity index (χ0n) is 16.3. The quantitative estimate of drug-likeness (QED) is 0.180. The molecular weight excluding hydrogens is 376 g/mol. The molecule has 0 saturated carbocycles. The van der Waals surface area contributed by atoms with Crippen LogP contribution in [0.1, 0.15) is 21.6 Å². The van der Waals surface area contributed by atoms with Crippen molar-refractivity contribution in [1.82, 2.24) is 4.98 Å². The molecule has 0 saturated heterocycles. The summed E-state index contributed by atoms with van der Waals surface area (Å²) >= 11 is 0. The summed E-state index contributed by atoms with van der Waals surface area (Å²) < 4.78 is 0. The number of allylic oxidation sites excluding steroid dienone is 1. The van der Waals surface area contributed by atoms with Crippen LogP contribution in [0, 0.1) is 17.0 Å². The fraction of sp³-hybridized carbons (Fsp3) is 0.0400. The van der Waals surface area contributed by atoms with Gasteiger partial charge in [-0.2, -0.15) is 0 Å². The molecule has 4 aromatic rings. The van der Waals surface area contributed by atoms with E-state index in [0.717, 1.165) is 22.0 Å². The standard InChI is InChI=1S/C25H18N2O3/c1-17-24(23(28)16-13-18-11-14-20(15-12-18)27(29)30)25(19-7-3-2-4-8-19)21-9-5-6-10-22(21)26-17/h2-16H,1H3/b16-13+. The Kier molecular flexibility index (Phi) is 5.18. The molecule has 0 bridgehead atoms. The first-order valence-electron chi connectivity index (χ1n) is 9.46. The highest BCUT2D eigenvalue weighted by Gasteiger charge is 2.18. The first kappa shape index (κ1) is 19.2. The van der Waals surface area contributed by atoms with Crippen LogP contribution in [-0.4, -0.2) is 15.7 Å². The average molecular weight is 394 g/mol. The van der Waals surface area contributed by atoms with Crippen LogP contribution in [0.25, 0.3) is 28.1 Å². The molecule has 0 N–H and O–H groups in total. The van der Waals surface area contributed by atoms with Gasteiger partial charge in [-0.3, -0.25) is 19.9 Å². The SMILES string of the molecule is Cc1nc2ccccc2c(-c2ccccc2)c1C(=O)/C=C/c1ccc([N+](=O)[O-])cc1. The van der Waals surface area contributed by atoms with Gasteiger partial charge in [0.05, 0.1) is 16.0 Å². The fourth-order valence-corrected chi connectivity index (χ4v) is 3.50. The van der Waals surface area contributed by atoms with Crippen molar-refractivity contribution in [2.45, 2.75) is 6.92 Å². The van der Waals surface area contributed by atoms with Crippen molar-refractivity contribution in [3.05, 3.63) is 112 Å². The molecule has 0 aliphatic heterocycles. The highest BCUT2D eigenvalue weighted by molar-refractivity contribution is 6.16. The molecule has 0 aliphatic rings. The van der Waals surface area contributed by atoms with Gasteiger partial charge in [-0.15, -0.1) is 0 Å². The normalized spacial score (nSPS) is 11.1. The number of carbonyl (C=O) groups is 1. The van der Waals surface area contributed by atoms with E-state index in [1.165, 1.54) is 18.2 Å². The third-order valence-corrected chi connectivity index (χ3v) is 4.91. The van der Waals surface area contributed by atoms with Gasteiger partial charge in [0.2, 0.25) is 0 Å². The Labute approximate surface area is 173 Å². The number of nitro benzene ring substituents is 1. The van der Waals surface area contributed by atoms with Gasteiger partial charge in [-0.05, 0) is 42.3 Å². The Hall–Kier alpha value is -4.12. The van der Waals surface area contributed by atoms with Crippen molar-refractivity contribution in [3.63, 3.8) is 0 Å². The maximum atomic E-state index is 13.2. The van der Waals surface area contributed by atoms with Crippen molar-refractivity contribution in [2.75, 3.05) is 0 Å². The number of ketones is 1. The summed E-state index contributed by atoms with van der Waals surface area (Å²) in [7, 11) is 0. The highest BCUT2D eigenvalue weighted by atomic mass is 16.6. The van der Waals surface area contributed by atoms with Crippen LogP contribution in [-0.2, 0) is 0 Å². The average Bonchev–Trinajstić information content (AvgIpc) is 2.77. The Balaban J connectivity index is 1.80. The monoisotopic (exact) mass is 394 g/mol. The minimum Gasteiger partial charge on any atom is -0.289 e. The largest absolute Gasteiger partial charge is 0.289 e. The molecule has 0 aliphatic carbocycles. The third-order valence-electron chi connectivity index (χ3n) is 4.91. The molecule has 0 spiro atoms. The van der Waals surface area contributed by atoms with Crippen molar-refractivity contribution in [3.8, 4) is 11.1 Å². The molecule has 0 amide bonds. The molecule has 0 atom stereocenters. The van der Waals surface area contributed by atoms with Crippen molar-refractivity contribution in [2.24, 2.45) is 0 Å². The summed E-state index contributed by atoms with van der Waals surface area (Å²) in [5.41, 5.74) is 4.58. The Morgan fingerprint density at radius 2 is 1.60 bits per heavy atom. The van der Waals surface area contributed by atoms with E-state index in [4.69, 9.17) is 0 Å². The first-order valence-corrected chi connectivity index (χ1v) is 9.46. The van der Waals surface area contributed by atoms with E-state index in [0.29, 0.717) is 16.8 Å². The van der Waals surface area contributed by atoms with Crippen LogP contribution in [0.2, 0.25) is 0 Å².